The lowest BCUT2D eigenvalue weighted by Crippen LogP contribution is -1.97. The summed E-state index contributed by atoms with van der Waals surface area (Å²) < 4.78 is 15.4. The minimum Gasteiger partial charge on any atom is -0.326 e. The Morgan fingerprint density at radius 1 is 1.38 bits per heavy atom. The molecule has 0 saturated carbocycles. The second kappa shape index (κ2) is 4.06. The molecule has 0 saturated heterocycles. The van der Waals surface area contributed by atoms with Crippen LogP contribution in [0, 0.1) is 12.7 Å². The molecule has 2 N–H and O–H groups in total. The molecule has 0 atom stereocenters. The fraction of sp³-hybridized carbons (Fsp3) is 0.250. The maximum atomic E-state index is 13.7. The molecule has 0 aliphatic carbocycles. The summed E-state index contributed by atoms with van der Waals surface area (Å²) in [7, 11) is 1.82. The lowest BCUT2D eigenvalue weighted by atomic mass is 10.0. The Hall–Kier alpha value is -1.68. The van der Waals surface area contributed by atoms with Gasteiger partial charge in [-0.1, -0.05) is 6.07 Å². The summed E-state index contributed by atoms with van der Waals surface area (Å²) in [5, 5.41) is 4.20. The van der Waals surface area contributed by atoms with Crippen LogP contribution in [0.4, 0.5) is 4.39 Å². The van der Waals surface area contributed by atoms with Gasteiger partial charge in [0, 0.05) is 30.9 Å². The standard InChI is InChI=1S/C12H14FN3/c1-8-11(7-16(2)15-8)10-5-9(6-14)3-4-12(10)13/h3-5,7H,6,14H2,1-2H3. The summed E-state index contributed by atoms with van der Waals surface area (Å²) in [6, 6.07) is 4.92. The number of hydrogen-bond acceptors (Lipinski definition) is 2. The summed E-state index contributed by atoms with van der Waals surface area (Å²) >= 11 is 0. The lowest BCUT2D eigenvalue weighted by Gasteiger charge is -2.04. The van der Waals surface area contributed by atoms with Crippen LogP contribution >= 0.6 is 0 Å². The zero-order valence-corrected chi connectivity index (χ0v) is 9.37. The zero-order valence-electron chi connectivity index (χ0n) is 9.37. The van der Waals surface area contributed by atoms with Crippen LogP contribution in [0.25, 0.3) is 11.1 Å². The maximum Gasteiger partial charge on any atom is 0.131 e. The Balaban J connectivity index is 2.58. The van der Waals surface area contributed by atoms with Crippen molar-refractivity contribution >= 4 is 0 Å². The van der Waals surface area contributed by atoms with E-state index in [1.165, 1.54) is 6.07 Å². The van der Waals surface area contributed by atoms with Crippen molar-refractivity contribution in [3.8, 4) is 11.1 Å². The highest BCUT2D eigenvalue weighted by molar-refractivity contribution is 5.66. The molecule has 1 heterocycles. The first kappa shape index (κ1) is 10.8. The molecule has 3 nitrogen and oxygen atoms in total. The number of aromatic nitrogens is 2. The maximum absolute atomic E-state index is 13.7. The first-order chi connectivity index (χ1) is 7.61. The Morgan fingerprint density at radius 2 is 2.12 bits per heavy atom. The summed E-state index contributed by atoms with van der Waals surface area (Å²) in [4.78, 5) is 0. The molecule has 0 fully saturated rings. The topological polar surface area (TPSA) is 43.8 Å². The van der Waals surface area contributed by atoms with E-state index in [4.69, 9.17) is 5.73 Å². The summed E-state index contributed by atoms with van der Waals surface area (Å²) in [5.74, 6) is -0.242. The second-order valence-electron chi connectivity index (χ2n) is 3.82. The van der Waals surface area contributed by atoms with Crippen LogP contribution in [-0.4, -0.2) is 9.78 Å². The molecule has 1 aromatic carbocycles. The van der Waals surface area contributed by atoms with Gasteiger partial charge in [0.1, 0.15) is 5.82 Å². The van der Waals surface area contributed by atoms with Crippen molar-refractivity contribution in [2.24, 2.45) is 12.8 Å². The molecule has 0 amide bonds. The smallest absolute Gasteiger partial charge is 0.131 e. The monoisotopic (exact) mass is 219 g/mol. The Bertz CT molecular complexity index is 517. The van der Waals surface area contributed by atoms with E-state index in [1.54, 1.807) is 16.8 Å². The summed E-state index contributed by atoms with van der Waals surface area (Å²) in [5.41, 5.74) is 8.66. The largest absolute Gasteiger partial charge is 0.326 e. The fourth-order valence-corrected chi connectivity index (χ4v) is 1.77. The van der Waals surface area contributed by atoms with E-state index in [9.17, 15) is 4.39 Å². The second-order valence-corrected chi connectivity index (χ2v) is 3.82. The molecule has 0 aliphatic rings. The van der Waals surface area contributed by atoms with Crippen LogP contribution < -0.4 is 5.73 Å². The van der Waals surface area contributed by atoms with Gasteiger partial charge in [-0.05, 0) is 24.6 Å². The van der Waals surface area contributed by atoms with Crippen molar-refractivity contribution in [3.63, 3.8) is 0 Å². The molecule has 1 aromatic heterocycles. The SMILES string of the molecule is Cc1nn(C)cc1-c1cc(CN)ccc1F. The number of nitrogens with zero attached hydrogens (tertiary/aromatic N) is 2. The number of hydrogen-bond donors (Lipinski definition) is 1. The molecule has 0 bridgehead atoms. The number of aryl methyl sites for hydroxylation is 2. The van der Waals surface area contributed by atoms with Crippen molar-refractivity contribution in [2.75, 3.05) is 0 Å². The van der Waals surface area contributed by atoms with Gasteiger partial charge in [-0.2, -0.15) is 5.10 Å². The Labute approximate surface area is 93.7 Å². The van der Waals surface area contributed by atoms with Gasteiger partial charge in [-0.25, -0.2) is 4.39 Å². The lowest BCUT2D eigenvalue weighted by molar-refractivity contribution is 0.630. The molecule has 16 heavy (non-hydrogen) atoms. The molecule has 0 radical (unpaired) electrons. The third kappa shape index (κ3) is 1.84. The van der Waals surface area contributed by atoms with E-state index in [-0.39, 0.29) is 5.82 Å². The van der Waals surface area contributed by atoms with Crippen molar-refractivity contribution in [1.29, 1.82) is 0 Å². The van der Waals surface area contributed by atoms with Gasteiger partial charge in [0.15, 0.2) is 0 Å². The van der Waals surface area contributed by atoms with E-state index >= 15 is 0 Å². The minimum atomic E-state index is -0.242. The normalized spacial score (nSPS) is 10.8. The van der Waals surface area contributed by atoms with Gasteiger partial charge < -0.3 is 5.73 Å². The molecular weight excluding hydrogens is 205 g/mol. The molecule has 0 unspecified atom stereocenters. The van der Waals surface area contributed by atoms with Gasteiger partial charge in [0.25, 0.3) is 0 Å². The first-order valence-electron chi connectivity index (χ1n) is 5.11. The molecule has 0 spiro atoms. The molecule has 0 aliphatic heterocycles. The van der Waals surface area contributed by atoms with Crippen LogP contribution in [0.5, 0.6) is 0 Å². The van der Waals surface area contributed by atoms with E-state index in [0.717, 1.165) is 16.8 Å². The summed E-state index contributed by atoms with van der Waals surface area (Å²) in [6.45, 7) is 2.27. The Morgan fingerprint density at radius 3 is 2.69 bits per heavy atom. The van der Waals surface area contributed by atoms with Gasteiger partial charge in [-0.3, -0.25) is 4.68 Å². The number of rotatable bonds is 2. The van der Waals surface area contributed by atoms with E-state index in [1.807, 2.05) is 20.2 Å². The number of benzene rings is 1. The average molecular weight is 219 g/mol. The van der Waals surface area contributed by atoms with Gasteiger partial charge in [-0.15, -0.1) is 0 Å². The number of nitrogens with two attached hydrogens (primary N) is 1. The van der Waals surface area contributed by atoms with E-state index in [0.29, 0.717) is 12.1 Å². The molecule has 84 valence electrons. The van der Waals surface area contributed by atoms with E-state index < -0.39 is 0 Å². The highest BCUT2D eigenvalue weighted by atomic mass is 19.1. The predicted molar refractivity (Wildman–Crippen MR) is 61.2 cm³/mol. The highest BCUT2D eigenvalue weighted by Gasteiger charge is 2.11. The van der Waals surface area contributed by atoms with Crippen LogP contribution in [0.15, 0.2) is 24.4 Å². The molecular formula is C12H14FN3. The average Bonchev–Trinajstić information content (AvgIpc) is 2.58. The third-order valence-electron chi connectivity index (χ3n) is 2.57. The van der Waals surface area contributed by atoms with Crippen molar-refractivity contribution < 1.29 is 4.39 Å². The third-order valence-corrected chi connectivity index (χ3v) is 2.57. The highest BCUT2D eigenvalue weighted by Crippen LogP contribution is 2.26. The predicted octanol–water partition coefficient (Wildman–Crippen LogP) is 1.99. The van der Waals surface area contributed by atoms with Crippen LogP contribution in [-0.2, 0) is 13.6 Å². The molecule has 2 aromatic rings. The fourth-order valence-electron chi connectivity index (χ4n) is 1.77. The van der Waals surface area contributed by atoms with E-state index in [2.05, 4.69) is 5.10 Å². The molecule has 2 rings (SSSR count). The van der Waals surface area contributed by atoms with Crippen molar-refractivity contribution in [2.45, 2.75) is 13.5 Å². The van der Waals surface area contributed by atoms with Crippen LogP contribution in [0.3, 0.4) is 0 Å². The van der Waals surface area contributed by atoms with Gasteiger partial charge in [0.05, 0.1) is 5.69 Å². The van der Waals surface area contributed by atoms with Gasteiger partial charge in [0.2, 0.25) is 0 Å². The minimum absolute atomic E-state index is 0.242. The van der Waals surface area contributed by atoms with Crippen LogP contribution in [0.1, 0.15) is 11.3 Å². The molecule has 4 heteroatoms. The number of halogens is 1. The first-order valence-corrected chi connectivity index (χ1v) is 5.11. The van der Waals surface area contributed by atoms with Gasteiger partial charge >= 0.3 is 0 Å². The van der Waals surface area contributed by atoms with Crippen molar-refractivity contribution in [3.05, 3.63) is 41.5 Å². The van der Waals surface area contributed by atoms with Crippen LogP contribution in [0.2, 0.25) is 0 Å². The zero-order chi connectivity index (χ0) is 11.7. The quantitative estimate of drug-likeness (QED) is 0.839. The summed E-state index contributed by atoms with van der Waals surface area (Å²) in [6.07, 6.45) is 1.81. The Kier molecular flexibility index (Phi) is 2.75. The van der Waals surface area contributed by atoms with Crippen molar-refractivity contribution in [1.82, 2.24) is 9.78 Å².